The molecule has 0 aliphatic rings. The van der Waals surface area contributed by atoms with Crippen molar-refractivity contribution in [1.82, 2.24) is 0 Å². The lowest BCUT2D eigenvalue weighted by Gasteiger charge is -2.02. The zero-order valence-electron chi connectivity index (χ0n) is 10.2. The smallest absolute Gasteiger partial charge is 0.217 e. The normalized spacial score (nSPS) is 10.1. The van der Waals surface area contributed by atoms with Gasteiger partial charge in [0.05, 0.1) is 11.3 Å². The Bertz CT molecular complexity index is 247. The molecule has 0 aliphatic carbocycles. The van der Waals surface area contributed by atoms with Crippen LogP contribution in [0.1, 0.15) is 64.7 Å². The summed E-state index contributed by atoms with van der Waals surface area (Å²) < 4.78 is 10.7. The third kappa shape index (κ3) is 9.90. The van der Waals surface area contributed by atoms with Crippen molar-refractivity contribution in [2.45, 2.75) is 64.7 Å². The summed E-state index contributed by atoms with van der Waals surface area (Å²) in [6.45, 7) is 2.20. The fraction of sp³-hybridized carbons (Fsp3) is 0.833. The summed E-state index contributed by atoms with van der Waals surface area (Å²) in [5.41, 5.74) is 5.04. The first kappa shape index (κ1) is 15.4. The van der Waals surface area contributed by atoms with E-state index in [1.165, 1.54) is 32.1 Å². The molecule has 0 rings (SSSR count). The highest BCUT2D eigenvalue weighted by atomic mass is 32.1. The first-order chi connectivity index (χ1) is 7.70. The molecule has 3 nitrogen and oxygen atoms in total. The standard InChI is InChI=1S/C12H23NO2S/c1-2-3-4-5-6-7-8-11(16-15)9-10-12(13)14/h2-10H2,1H3,(H2,13,14). The third-order valence-electron chi connectivity index (χ3n) is 2.58. The third-order valence-corrected chi connectivity index (χ3v) is 3.22. The maximum Gasteiger partial charge on any atom is 0.217 e. The van der Waals surface area contributed by atoms with E-state index in [1.54, 1.807) is 0 Å². The quantitative estimate of drug-likeness (QED) is 0.474. The Balaban J connectivity index is 3.49. The molecule has 0 fully saturated rings. The molecular formula is C12H23NO2S. The van der Waals surface area contributed by atoms with Crippen molar-refractivity contribution in [2.24, 2.45) is 5.73 Å². The second-order valence-electron chi connectivity index (χ2n) is 4.11. The lowest BCUT2D eigenvalue weighted by atomic mass is 10.1. The number of hydrogen-bond acceptors (Lipinski definition) is 2. The zero-order chi connectivity index (χ0) is 12.2. The molecule has 0 saturated carbocycles. The van der Waals surface area contributed by atoms with E-state index in [1.807, 2.05) is 0 Å². The summed E-state index contributed by atoms with van der Waals surface area (Å²) in [5, 5.41) is 0. The van der Waals surface area contributed by atoms with Gasteiger partial charge in [-0.3, -0.25) is 4.79 Å². The molecule has 0 aromatic heterocycles. The summed E-state index contributed by atoms with van der Waals surface area (Å²) in [6.07, 6.45) is 9.04. The predicted octanol–water partition coefficient (Wildman–Crippen LogP) is 2.39. The van der Waals surface area contributed by atoms with Crippen molar-refractivity contribution in [1.29, 1.82) is 0 Å². The van der Waals surface area contributed by atoms with Crippen molar-refractivity contribution < 1.29 is 9.00 Å². The van der Waals surface area contributed by atoms with E-state index < -0.39 is 0 Å². The summed E-state index contributed by atoms with van der Waals surface area (Å²) in [5.74, 6) is -0.325. The van der Waals surface area contributed by atoms with Crippen LogP contribution in [0.15, 0.2) is 0 Å². The topological polar surface area (TPSA) is 60.2 Å². The minimum Gasteiger partial charge on any atom is -0.370 e. The molecule has 0 aliphatic heterocycles. The summed E-state index contributed by atoms with van der Waals surface area (Å²) in [7, 11) is 0. The fourth-order valence-corrected chi connectivity index (χ4v) is 1.99. The van der Waals surface area contributed by atoms with Gasteiger partial charge in [-0.2, -0.15) is 0 Å². The van der Waals surface area contributed by atoms with Crippen molar-refractivity contribution in [2.75, 3.05) is 0 Å². The van der Waals surface area contributed by atoms with E-state index in [9.17, 15) is 9.00 Å². The number of amides is 1. The van der Waals surface area contributed by atoms with E-state index in [4.69, 9.17) is 5.73 Å². The Morgan fingerprint density at radius 3 is 2.19 bits per heavy atom. The number of carbonyl (C=O) groups is 1. The van der Waals surface area contributed by atoms with Crippen LogP contribution in [0.25, 0.3) is 0 Å². The maximum atomic E-state index is 10.7. The number of nitrogens with two attached hydrogens (primary N) is 1. The van der Waals surface area contributed by atoms with E-state index >= 15 is 0 Å². The van der Waals surface area contributed by atoms with Crippen LogP contribution >= 0.6 is 0 Å². The second-order valence-corrected chi connectivity index (χ2v) is 4.85. The number of rotatable bonds is 10. The molecule has 0 aromatic carbocycles. The van der Waals surface area contributed by atoms with Crippen LogP contribution in [0.4, 0.5) is 0 Å². The van der Waals surface area contributed by atoms with Gasteiger partial charge in [-0.05, 0) is 19.3 Å². The molecule has 1 amide bonds. The van der Waals surface area contributed by atoms with Crippen molar-refractivity contribution >= 4 is 22.0 Å². The molecule has 2 N–H and O–H groups in total. The van der Waals surface area contributed by atoms with Gasteiger partial charge in [0.15, 0.2) is 0 Å². The van der Waals surface area contributed by atoms with Crippen LogP contribution < -0.4 is 5.73 Å². The lowest BCUT2D eigenvalue weighted by Crippen LogP contribution is -2.12. The highest BCUT2D eigenvalue weighted by Crippen LogP contribution is 2.08. The molecule has 0 unspecified atom stereocenters. The van der Waals surface area contributed by atoms with Crippen LogP contribution in [-0.2, 0) is 16.1 Å². The molecule has 0 heterocycles. The van der Waals surface area contributed by atoms with Gasteiger partial charge in [-0.25, -0.2) is 4.21 Å². The average molecular weight is 245 g/mol. The number of unbranched alkanes of at least 4 members (excludes halogenated alkanes) is 5. The van der Waals surface area contributed by atoms with Crippen LogP contribution in [0.2, 0.25) is 0 Å². The molecule has 0 aromatic rings. The van der Waals surface area contributed by atoms with Crippen molar-refractivity contribution in [3.63, 3.8) is 0 Å². The van der Waals surface area contributed by atoms with Gasteiger partial charge >= 0.3 is 0 Å². The number of carbonyl (C=O) groups excluding carboxylic acids is 1. The Hall–Kier alpha value is -0.640. The summed E-state index contributed by atoms with van der Waals surface area (Å²) >= 11 is 0.539. The summed E-state index contributed by atoms with van der Waals surface area (Å²) in [4.78, 5) is 11.4. The predicted molar refractivity (Wildman–Crippen MR) is 69.6 cm³/mol. The molecule has 0 saturated heterocycles. The lowest BCUT2D eigenvalue weighted by molar-refractivity contribution is -0.117. The van der Waals surface area contributed by atoms with Crippen LogP contribution in [-0.4, -0.2) is 15.0 Å². The largest absolute Gasteiger partial charge is 0.370 e. The van der Waals surface area contributed by atoms with Crippen LogP contribution in [0, 0.1) is 0 Å². The SMILES string of the molecule is CCCCCCCCC(CCC(N)=O)=S=O. The first-order valence-corrected chi connectivity index (χ1v) is 6.87. The van der Waals surface area contributed by atoms with Crippen molar-refractivity contribution in [3.05, 3.63) is 0 Å². The zero-order valence-corrected chi connectivity index (χ0v) is 11.0. The van der Waals surface area contributed by atoms with Gasteiger partial charge in [0, 0.05) is 11.3 Å². The van der Waals surface area contributed by atoms with Gasteiger partial charge in [0.2, 0.25) is 5.91 Å². The highest BCUT2D eigenvalue weighted by molar-refractivity contribution is 7.66. The highest BCUT2D eigenvalue weighted by Gasteiger charge is 2.02. The van der Waals surface area contributed by atoms with Gasteiger partial charge in [0.1, 0.15) is 0 Å². The fourth-order valence-electron chi connectivity index (χ4n) is 1.57. The number of hydrogen-bond donors (Lipinski definition) is 1. The monoisotopic (exact) mass is 245 g/mol. The minimum absolute atomic E-state index is 0.306. The Labute approximate surface area is 102 Å². The Kier molecular flexibility index (Phi) is 10.4. The van der Waals surface area contributed by atoms with Crippen molar-refractivity contribution in [3.8, 4) is 0 Å². The van der Waals surface area contributed by atoms with E-state index in [0.29, 0.717) is 24.1 Å². The van der Waals surface area contributed by atoms with Gasteiger partial charge in [0.25, 0.3) is 0 Å². The molecule has 0 atom stereocenters. The molecule has 0 spiro atoms. The molecule has 94 valence electrons. The Morgan fingerprint density at radius 2 is 1.62 bits per heavy atom. The van der Waals surface area contributed by atoms with Gasteiger partial charge in [-0.15, -0.1) is 0 Å². The molecule has 4 heteroatoms. The van der Waals surface area contributed by atoms with E-state index in [-0.39, 0.29) is 5.91 Å². The van der Waals surface area contributed by atoms with Gasteiger partial charge in [-0.1, -0.05) is 39.0 Å². The molecule has 0 bridgehead atoms. The second kappa shape index (κ2) is 10.9. The Morgan fingerprint density at radius 1 is 1.00 bits per heavy atom. The average Bonchev–Trinajstić information content (AvgIpc) is 2.27. The van der Waals surface area contributed by atoms with Crippen LogP contribution in [0.3, 0.4) is 0 Å². The first-order valence-electron chi connectivity index (χ1n) is 6.13. The molecule has 16 heavy (non-hydrogen) atoms. The van der Waals surface area contributed by atoms with E-state index in [2.05, 4.69) is 6.92 Å². The number of primary amides is 1. The maximum absolute atomic E-state index is 10.7. The minimum atomic E-state index is -0.325. The molecule has 0 radical (unpaired) electrons. The summed E-state index contributed by atoms with van der Waals surface area (Å²) in [6, 6.07) is 0. The molecular weight excluding hydrogens is 222 g/mol. The van der Waals surface area contributed by atoms with Gasteiger partial charge < -0.3 is 5.73 Å². The van der Waals surface area contributed by atoms with Crippen LogP contribution in [0.5, 0.6) is 0 Å². The van der Waals surface area contributed by atoms with E-state index in [0.717, 1.165) is 17.7 Å².